The monoisotopic (exact) mass is 190 g/mol. The van der Waals surface area contributed by atoms with E-state index in [2.05, 4.69) is 0 Å². The second kappa shape index (κ2) is 4.23. The second-order valence-corrected chi connectivity index (χ2v) is 4.19. The maximum absolute atomic E-state index is 12.0. The molecule has 1 unspecified atom stereocenters. The minimum absolute atomic E-state index is 0.144. The Kier molecular flexibility index (Phi) is 4.36. The van der Waals surface area contributed by atoms with E-state index in [-0.39, 0.29) is 18.6 Å². The molecule has 0 aliphatic heterocycles. The molecule has 5 heteroatoms. The molecule has 0 aromatic rings. The average molecular weight is 191 g/mol. The molecule has 0 aliphatic rings. The van der Waals surface area contributed by atoms with E-state index in [9.17, 15) is 13.0 Å². The van der Waals surface area contributed by atoms with Gasteiger partial charge in [-0.05, 0) is 24.0 Å². The molecule has 0 fully saturated rings. The summed E-state index contributed by atoms with van der Waals surface area (Å²) in [4.78, 5) is 0. The van der Waals surface area contributed by atoms with E-state index in [1.165, 1.54) is 0 Å². The third kappa shape index (κ3) is 8.30. The van der Waals surface area contributed by atoms with Crippen molar-refractivity contribution in [1.29, 1.82) is 0 Å². The van der Waals surface area contributed by atoms with Crippen molar-refractivity contribution in [2.45, 2.75) is 25.7 Å². The van der Waals surface area contributed by atoms with Gasteiger partial charge in [-0.2, -0.15) is 0 Å². The molecule has 0 aromatic heterocycles. The summed E-state index contributed by atoms with van der Waals surface area (Å²) in [5.74, 6) is -2.51. The van der Waals surface area contributed by atoms with E-state index in [1.54, 1.807) is 0 Å². The van der Waals surface area contributed by atoms with Crippen LogP contribution in [0.25, 0.3) is 0 Å². The maximum atomic E-state index is 12.0. The van der Waals surface area contributed by atoms with Crippen LogP contribution >= 0.6 is 10.7 Å². The summed E-state index contributed by atoms with van der Waals surface area (Å²) in [6, 6.07) is 0. The van der Waals surface area contributed by atoms with Gasteiger partial charge in [-0.25, -0.2) is 13.0 Å². The molecule has 0 spiro atoms. The first-order valence-electron chi connectivity index (χ1n) is 2.84. The fourth-order valence-corrected chi connectivity index (χ4v) is 1.19. The van der Waals surface area contributed by atoms with Gasteiger partial charge in [0.25, 0.3) is 0 Å². The Bertz CT molecular complexity index is 123. The smallest absolute Gasteiger partial charge is 0.243 e. The lowest BCUT2D eigenvalue weighted by atomic mass is 10.2. The Balaban J connectivity index is 3.29. The van der Waals surface area contributed by atoms with Gasteiger partial charge in [-0.15, -0.1) is 0 Å². The van der Waals surface area contributed by atoms with Gasteiger partial charge in [-0.1, -0.05) is 0 Å². The minimum Gasteiger partial charge on any atom is -0.243 e. The zero-order valence-electron chi connectivity index (χ0n) is 5.57. The normalized spacial score (nSPS) is 15.2. The molecule has 0 aromatic carbocycles. The SMILES string of the molecule is CC(F)(F)CCCS(=O)Cl. The highest BCUT2D eigenvalue weighted by Crippen LogP contribution is 2.18. The summed E-state index contributed by atoms with van der Waals surface area (Å²) in [5.41, 5.74) is 0. The van der Waals surface area contributed by atoms with Crippen LogP contribution in [0.15, 0.2) is 0 Å². The molecular weight excluding hydrogens is 182 g/mol. The van der Waals surface area contributed by atoms with Crippen LogP contribution in [0.2, 0.25) is 0 Å². The van der Waals surface area contributed by atoms with Crippen molar-refractivity contribution in [3.8, 4) is 0 Å². The Hall–Kier alpha value is 0.300. The lowest BCUT2D eigenvalue weighted by Gasteiger charge is -2.07. The molecule has 0 saturated carbocycles. The summed E-state index contributed by atoms with van der Waals surface area (Å²) in [5, 5.41) is 0. The fraction of sp³-hybridized carbons (Fsp3) is 1.00. The highest BCUT2D eigenvalue weighted by Gasteiger charge is 2.19. The van der Waals surface area contributed by atoms with Crippen LogP contribution in [-0.2, 0) is 10.0 Å². The number of rotatable bonds is 4. The van der Waals surface area contributed by atoms with Gasteiger partial charge >= 0.3 is 0 Å². The van der Waals surface area contributed by atoms with Crippen LogP contribution in [-0.4, -0.2) is 15.9 Å². The number of hydrogen-bond donors (Lipinski definition) is 0. The van der Waals surface area contributed by atoms with E-state index in [4.69, 9.17) is 10.7 Å². The summed E-state index contributed by atoms with van der Waals surface area (Å²) < 4.78 is 34.2. The zero-order chi connectivity index (χ0) is 8.20. The molecule has 0 N–H and O–H groups in total. The molecule has 0 amide bonds. The van der Waals surface area contributed by atoms with Gasteiger partial charge in [0.05, 0.1) is 0 Å². The average Bonchev–Trinajstić information content (AvgIpc) is 1.59. The van der Waals surface area contributed by atoms with Crippen LogP contribution in [0.3, 0.4) is 0 Å². The topological polar surface area (TPSA) is 17.1 Å². The summed E-state index contributed by atoms with van der Waals surface area (Å²) in [6.07, 6.45) is -0.0366. The van der Waals surface area contributed by atoms with Gasteiger partial charge in [0.2, 0.25) is 5.92 Å². The zero-order valence-corrected chi connectivity index (χ0v) is 7.14. The van der Waals surface area contributed by atoms with Crippen LogP contribution < -0.4 is 0 Å². The Morgan fingerprint density at radius 3 is 2.40 bits per heavy atom. The van der Waals surface area contributed by atoms with Crippen molar-refractivity contribution in [2.75, 3.05) is 5.75 Å². The predicted molar refractivity (Wildman–Crippen MR) is 38.7 cm³/mol. The molecule has 0 saturated heterocycles. The third-order valence-corrected chi connectivity index (χ3v) is 1.99. The highest BCUT2D eigenvalue weighted by molar-refractivity contribution is 8.08. The van der Waals surface area contributed by atoms with E-state index < -0.39 is 15.9 Å². The first kappa shape index (κ1) is 10.3. The van der Waals surface area contributed by atoms with Crippen molar-refractivity contribution in [1.82, 2.24) is 0 Å². The van der Waals surface area contributed by atoms with E-state index in [1.807, 2.05) is 0 Å². The quantitative estimate of drug-likeness (QED) is 0.622. The lowest BCUT2D eigenvalue weighted by Crippen LogP contribution is -2.10. The largest absolute Gasteiger partial charge is 0.245 e. The molecule has 62 valence electrons. The van der Waals surface area contributed by atoms with Gasteiger partial charge in [0.15, 0.2) is 0 Å². The summed E-state index contributed by atoms with van der Waals surface area (Å²) >= 11 is 0. The third-order valence-electron chi connectivity index (χ3n) is 0.921. The predicted octanol–water partition coefficient (Wildman–Crippen LogP) is 2.32. The van der Waals surface area contributed by atoms with Crippen molar-refractivity contribution in [3.63, 3.8) is 0 Å². The first-order chi connectivity index (χ1) is 4.42. The van der Waals surface area contributed by atoms with E-state index >= 15 is 0 Å². The molecule has 10 heavy (non-hydrogen) atoms. The molecule has 1 atom stereocenters. The van der Waals surface area contributed by atoms with Gasteiger partial charge in [-0.3, -0.25) is 0 Å². The highest BCUT2D eigenvalue weighted by atomic mass is 35.7. The Labute approximate surface area is 65.7 Å². The van der Waals surface area contributed by atoms with Crippen LogP contribution in [0.4, 0.5) is 8.78 Å². The van der Waals surface area contributed by atoms with E-state index in [0.29, 0.717) is 0 Å². The van der Waals surface area contributed by atoms with Gasteiger partial charge < -0.3 is 0 Å². The Morgan fingerprint density at radius 1 is 1.60 bits per heavy atom. The van der Waals surface area contributed by atoms with Crippen LogP contribution in [0.1, 0.15) is 19.8 Å². The van der Waals surface area contributed by atoms with Crippen molar-refractivity contribution >= 4 is 20.7 Å². The molecule has 0 aliphatic carbocycles. The fourth-order valence-electron chi connectivity index (χ4n) is 0.496. The van der Waals surface area contributed by atoms with Gasteiger partial charge in [0, 0.05) is 12.2 Å². The standard InChI is InChI=1S/C5H9ClF2OS/c1-5(7,8)3-2-4-10(6)9/h2-4H2,1H3. The molecule has 0 bridgehead atoms. The van der Waals surface area contributed by atoms with Crippen molar-refractivity contribution in [2.24, 2.45) is 0 Å². The van der Waals surface area contributed by atoms with Gasteiger partial charge in [0.1, 0.15) is 10.0 Å². The first-order valence-corrected chi connectivity index (χ1v) is 4.99. The molecular formula is C5H9ClF2OS. The number of hydrogen-bond acceptors (Lipinski definition) is 1. The van der Waals surface area contributed by atoms with E-state index in [0.717, 1.165) is 6.92 Å². The number of alkyl halides is 2. The summed E-state index contributed by atoms with van der Waals surface area (Å²) in [7, 11) is 3.57. The van der Waals surface area contributed by atoms with Crippen LogP contribution in [0, 0.1) is 0 Å². The van der Waals surface area contributed by atoms with Crippen molar-refractivity contribution in [3.05, 3.63) is 0 Å². The number of halogens is 3. The summed E-state index contributed by atoms with van der Waals surface area (Å²) in [6.45, 7) is 0.837. The lowest BCUT2D eigenvalue weighted by molar-refractivity contribution is 0.0126. The molecule has 0 heterocycles. The Morgan fingerprint density at radius 2 is 2.10 bits per heavy atom. The van der Waals surface area contributed by atoms with Crippen molar-refractivity contribution < 1.29 is 13.0 Å². The minimum atomic E-state index is -2.66. The second-order valence-electron chi connectivity index (χ2n) is 2.17. The molecule has 0 radical (unpaired) electrons. The molecule has 1 nitrogen and oxygen atoms in total. The van der Waals surface area contributed by atoms with Crippen LogP contribution in [0.5, 0.6) is 0 Å². The maximum Gasteiger partial charge on any atom is 0.245 e. The molecule has 0 rings (SSSR count).